The van der Waals surface area contributed by atoms with Gasteiger partial charge in [-0.05, 0) is 38.0 Å². The lowest BCUT2D eigenvalue weighted by Crippen LogP contribution is -2.25. The zero-order valence-electron chi connectivity index (χ0n) is 7.93. The molecule has 1 aliphatic heterocycles. The minimum atomic E-state index is 1.03. The van der Waals surface area contributed by atoms with Gasteiger partial charge in [0.25, 0.3) is 0 Å². The number of hydrogen-bond donors (Lipinski definition) is 1. The van der Waals surface area contributed by atoms with Gasteiger partial charge in [-0.2, -0.15) is 0 Å². The van der Waals surface area contributed by atoms with Gasteiger partial charge in [-0.3, -0.25) is 0 Å². The first-order valence-electron chi connectivity index (χ1n) is 4.56. The highest BCUT2D eigenvalue weighted by Crippen LogP contribution is 2.16. The van der Waals surface area contributed by atoms with E-state index in [1.165, 1.54) is 11.1 Å². The van der Waals surface area contributed by atoms with Crippen LogP contribution in [-0.2, 0) is 0 Å². The Morgan fingerprint density at radius 3 is 2.75 bits per heavy atom. The minimum Gasteiger partial charge on any atom is -0.312 e. The first kappa shape index (κ1) is 9.27. The first-order chi connectivity index (χ1) is 5.88. The van der Waals surface area contributed by atoms with Crippen LogP contribution in [0.2, 0.25) is 0 Å². The Kier molecular flexibility index (Phi) is 3.81. The zero-order valence-corrected chi connectivity index (χ0v) is 7.93. The van der Waals surface area contributed by atoms with Crippen molar-refractivity contribution >= 4 is 0 Å². The van der Waals surface area contributed by atoms with Crippen LogP contribution in [0.4, 0.5) is 0 Å². The summed E-state index contributed by atoms with van der Waals surface area (Å²) >= 11 is 0. The average Bonchev–Trinajstić information content (AvgIpc) is 2.15. The highest BCUT2D eigenvalue weighted by molar-refractivity contribution is 5.36. The molecule has 0 amide bonds. The summed E-state index contributed by atoms with van der Waals surface area (Å²) in [7, 11) is 0. The largest absolute Gasteiger partial charge is 0.312 e. The fraction of sp³-hybridized carbons (Fsp3) is 0.455. The van der Waals surface area contributed by atoms with Gasteiger partial charge >= 0.3 is 0 Å². The summed E-state index contributed by atoms with van der Waals surface area (Å²) in [6.07, 6.45) is 9.76. The fourth-order valence-corrected chi connectivity index (χ4v) is 1.41. The molecule has 0 aromatic carbocycles. The second-order valence-electron chi connectivity index (χ2n) is 2.96. The molecule has 0 spiro atoms. The normalized spacial score (nSPS) is 25.8. The van der Waals surface area contributed by atoms with Crippen LogP contribution in [0, 0.1) is 0 Å². The molecule has 1 N–H and O–H groups in total. The summed E-state index contributed by atoms with van der Waals surface area (Å²) in [5.74, 6) is 0. The van der Waals surface area contributed by atoms with Gasteiger partial charge < -0.3 is 5.32 Å². The topological polar surface area (TPSA) is 12.0 Å². The average molecular weight is 163 g/mol. The van der Waals surface area contributed by atoms with Crippen LogP contribution in [0.3, 0.4) is 0 Å². The summed E-state index contributed by atoms with van der Waals surface area (Å²) in [6.45, 7) is 6.29. The molecule has 0 aliphatic carbocycles. The van der Waals surface area contributed by atoms with Crippen molar-refractivity contribution in [1.29, 1.82) is 0 Å². The van der Waals surface area contributed by atoms with Gasteiger partial charge in [0.05, 0.1) is 0 Å². The second kappa shape index (κ2) is 4.94. The maximum absolute atomic E-state index is 3.36. The predicted molar refractivity (Wildman–Crippen MR) is 54.1 cm³/mol. The van der Waals surface area contributed by atoms with Gasteiger partial charge in [-0.15, -0.1) is 0 Å². The molecule has 0 aromatic rings. The Morgan fingerprint density at radius 1 is 1.25 bits per heavy atom. The molecule has 0 atom stereocenters. The second-order valence-corrected chi connectivity index (χ2v) is 2.96. The third-order valence-corrected chi connectivity index (χ3v) is 2.14. The van der Waals surface area contributed by atoms with Crippen molar-refractivity contribution in [2.45, 2.75) is 20.3 Å². The lowest BCUT2D eigenvalue weighted by atomic mass is 9.99. The summed E-state index contributed by atoms with van der Waals surface area (Å²) in [5.41, 5.74) is 2.92. The van der Waals surface area contributed by atoms with Gasteiger partial charge in [0.15, 0.2) is 0 Å². The van der Waals surface area contributed by atoms with Crippen LogP contribution in [0.25, 0.3) is 0 Å². The Balaban J connectivity index is 2.71. The molecule has 0 bridgehead atoms. The van der Waals surface area contributed by atoms with E-state index in [4.69, 9.17) is 0 Å². The monoisotopic (exact) mass is 163 g/mol. The smallest absolute Gasteiger partial charge is 0.0205 e. The molecule has 1 heterocycles. The summed E-state index contributed by atoms with van der Waals surface area (Å²) in [4.78, 5) is 0. The van der Waals surface area contributed by atoms with E-state index in [0.717, 1.165) is 19.5 Å². The van der Waals surface area contributed by atoms with Crippen molar-refractivity contribution in [3.8, 4) is 0 Å². The maximum atomic E-state index is 3.36. The van der Waals surface area contributed by atoms with Crippen molar-refractivity contribution in [2.24, 2.45) is 0 Å². The third-order valence-electron chi connectivity index (χ3n) is 2.14. The highest BCUT2D eigenvalue weighted by atomic mass is 14.9. The van der Waals surface area contributed by atoms with Gasteiger partial charge in [0.2, 0.25) is 0 Å². The molecule has 1 heteroatoms. The standard InChI is InChI=1S/C11H17N/c1-3-5-6-11-7-8-12-9-10(11)4-2/h3-6,12H,7-9H2,1-2H3/b5-3-,10-4-,11-6-. The number of hydrogen-bond acceptors (Lipinski definition) is 1. The fourth-order valence-electron chi connectivity index (χ4n) is 1.41. The first-order valence-corrected chi connectivity index (χ1v) is 4.56. The van der Waals surface area contributed by atoms with E-state index >= 15 is 0 Å². The predicted octanol–water partition coefficient (Wildman–Crippen LogP) is 2.43. The van der Waals surface area contributed by atoms with E-state index in [1.807, 2.05) is 6.92 Å². The third kappa shape index (κ3) is 2.35. The minimum absolute atomic E-state index is 1.03. The molecule has 1 rings (SSSR count). The molecule has 1 fully saturated rings. The van der Waals surface area contributed by atoms with Crippen LogP contribution in [0.5, 0.6) is 0 Å². The maximum Gasteiger partial charge on any atom is 0.0205 e. The highest BCUT2D eigenvalue weighted by Gasteiger charge is 2.08. The Bertz CT molecular complexity index is 221. The van der Waals surface area contributed by atoms with Gasteiger partial charge in [0.1, 0.15) is 0 Å². The van der Waals surface area contributed by atoms with Gasteiger partial charge in [0, 0.05) is 6.54 Å². The van der Waals surface area contributed by atoms with Crippen LogP contribution >= 0.6 is 0 Å². The molecular weight excluding hydrogens is 146 g/mol. The van der Waals surface area contributed by atoms with E-state index < -0.39 is 0 Å². The van der Waals surface area contributed by atoms with E-state index in [1.54, 1.807) is 0 Å². The number of rotatable bonds is 1. The summed E-state index contributed by atoms with van der Waals surface area (Å²) in [5, 5.41) is 3.36. The van der Waals surface area contributed by atoms with E-state index in [2.05, 4.69) is 36.5 Å². The van der Waals surface area contributed by atoms with Crippen molar-refractivity contribution in [3.63, 3.8) is 0 Å². The molecule has 0 unspecified atom stereocenters. The van der Waals surface area contributed by atoms with E-state index in [9.17, 15) is 0 Å². The lowest BCUT2D eigenvalue weighted by molar-refractivity contribution is 0.682. The molecule has 0 saturated carbocycles. The Labute approximate surface area is 74.9 Å². The number of nitrogens with one attached hydrogen (secondary N) is 1. The van der Waals surface area contributed by atoms with Crippen LogP contribution in [0.1, 0.15) is 20.3 Å². The molecule has 12 heavy (non-hydrogen) atoms. The number of allylic oxidation sites excluding steroid dienone is 4. The Morgan fingerprint density at radius 2 is 2.08 bits per heavy atom. The lowest BCUT2D eigenvalue weighted by Gasteiger charge is -2.18. The van der Waals surface area contributed by atoms with Crippen LogP contribution < -0.4 is 5.32 Å². The van der Waals surface area contributed by atoms with Gasteiger partial charge in [-0.25, -0.2) is 0 Å². The van der Waals surface area contributed by atoms with E-state index in [0.29, 0.717) is 0 Å². The molecule has 1 nitrogen and oxygen atoms in total. The summed E-state index contributed by atoms with van der Waals surface area (Å²) in [6, 6.07) is 0. The van der Waals surface area contributed by atoms with E-state index in [-0.39, 0.29) is 0 Å². The molecule has 1 aliphatic rings. The SMILES string of the molecule is C\C=C/C=C1/CCNC/C1=C/C. The van der Waals surface area contributed by atoms with Crippen LogP contribution in [-0.4, -0.2) is 13.1 Å². The summed E-state index contributed by atoms with van der Waals surface area (Å²) < 4.78 is 0. The van der Waals surface area contributed by atoms with Crippen molar-refractivity contribution < 1.29 is 0 Å². The quantitative estimate of drug-likeness (QED) is 0.626. The molecule has 1 saturated heterocycles. The van der Waals surface area contributed by atoms with Crippen LogP contribution in [0.15, 0.2) is 35.5 Å². The van der Waals surface area contributed by atoms with Gasteiger partial charge in [-0.1, -0.05) is 24.3 Å². The zero-order chi connectivity index (χ0) is 8.81. The van der Waals surface area contributed by atoms with Crippen molar-refractivity contribution in [3.05, 3.63) is 35.5 Å². The Hall–Kier alpha value is -0.820. The molecular formula is C11H17N. The van der Waals surface area contributed by atoms with Crippen molar-refractivity contribution in [2.75, 3.05) is 13.1 Å². The molecule has 66 valence electrons. The molecule has 0 radical (unpaired) electrons. The molecule has 0 aromatic heterocycles. The number of piperidine rings is 1. The van der Waals surface area contributed by atoms with Crippen molar-refractivity contribution in [1.82, 2.24) is 5.32 Å².